The van der Waals surface area contributed by atoms with E-state index in [1.807, 2.05) is 31.2 Å². The molecule has 2 rings (SSSR count). The van der Waals surface area contributed by atoms with Crippen molar-refractivity contribution in [2.75, 3.05) is 20.2 Å². The molecule has 0 aromatic heterocycles. The average molecular weight is 347 g/mol. The fourth-order valence-electron chi connectivity index (χ4n) is 2.33. The molecule has 2 aromatic carbocycles. The van der Waals surface area contributed by atoms with Crippen LogP contribution in [0.1, 0.15) is 18.1 Å². The number of methoxy groups -OCH3 is 1. The van der Waals surface area contributed by atoms with Crippen LogP contribution in [0.5, 0.6) is 5.75 Å². The van der Waals surface area contributed by atoms with Gasteiger partial charge in [0.15, 0.2) is 5.96 Å². The molecule has 0 saturated heterocycles. The number of rotatable bonds is 7. The van der Waals surface area contributed by atoms with Crippen molar-refractivity contribution in [1.82, 2.24) is 10.6 Å². The minimum atomic E-state index is -0.435. The zero-order valence-corrected chi connectivity index (χ0v) is 14.5. The zero-order chi connectivity index (χ0) is 18.1. The van der Waals surface area contributed by atoms with E-state index >= 15 is 0 Å². The van der Waals surface area contributed by atoms with Gasteiger partial charge in [-0.1, -0.05) is 12.1 Å². The molecule has 0 spiro atoms. The van der Waals surface area contributed by atoms with Gasteiger partial charge in [-0.15, -0.1) is 0 Å². The van der Waals surface area contributed by atoms with E-state index in [4.69, 9.17) is 4.74 Å². The summed E-state index contributed by atoms with van der Waals surface area (Å²) in [7, 11) is 1.62. The van der Waals surface area contributed by atoms with E-state index in [1.54, 1.807) is 7.11 Å². The standard InChI is InChI=1S/C19H23F2N3O/c1-3-22-19(24-13-14-5-4-6-17(11-14)25-2)23-10-9-15-12-16(20)7-8-18(15)21/h4-8,11-12H,3,9-10,13H2,1-2H3,(H2,22,23,24). The van der Waals surface area contributed by atoms with Crippen molar-refractivity contribution in [3.8, 4) is 5.75 Å². The summed E-state index contributed by atoms with van der Waals surface area (Å²) in [5.74, 6) is 0.575. The largest absolute Gasteiger partial charge is 0.497 e. The second-order valence-corrected chi connectivity index (χ2v) is 5.46. The second kappa shape index (κ2) is 9.61. The first-order valence-electron chi connectivity index (χ1n) is 8.21. The third kappa shape index (κ3) is 6.06. The lowest BCUT2D eigenvalue weighted by atomic mass is 10.1. The maximum absolute atomic E-state index is 13.6. The minimum absolute atomic E-state index is 0.344. The number of nitrogens with zero attached hydrogens (tertiary/aromatic N) is 1. The van der Waals surface area contributed by atoms with Crippen LogP contribution in [0.3, 0.4) is 0 Å². The molecule has 0 heterocycles. The van der Waals surface area contributed by atoms with E-state index in [0.29, 0.717) is 37.6 Å². The molecule has 0 atom stereocenters. The lowest BCUT2D eigenvalue weighted by molar-refractivity contribution is 0.414. The van der Waals surface area contributed by atoms with Crippen LogP contribution in [-0.2, 0) is 13.0 Å². The summed E-state index contributed by atoms with van der Waals surface area (Å²) in [6, 6.07) is 11.2. The Kier molecular flexibility index (Phi) is 7.19. The zero-order valence-electron chi connectivity index (χ0n) is 14.5. The van der Waals surface area contributed by atoms with Gasteiger partial charge in [0.25, 0.3) is 0 Å². The number of hydrogen-bond donors (Lipinski definition) is 2. The summed E-state index contributed by atoms with van der Waals surface area (Å²) in [6.45, 7) is 3.61. The number of halogens is 2. The minimum Gasteiger partial charge on any atom is -0.497 e. The fraction of sp³-hybridized carbons (Fsp3) is 0.316. The maximum atomic E-state index is 13.6. The molecule has 0 aliphatic carbocycles. The molecule has 0 aliphatic rings. The highest BCUT2D eigenvalue weighted by Crippen LogP contribution is 2.13. The van der Waals surface area contributed by atoms with E-state index in [0.717, 1.165) is 23.4 Å². The van der Waals surface area contributed by atoms with Crippen LogP contribution in [0.4, 0.5) is 8.78 Å². The van der Waals surface area contributed by atoms with Crippen molar-refractivity contribution in [3.63, 3.8) is 0 Å². The van der Waals surface area contributed by atoms with Crippen LogP contribution in [0.15, 0.2) is 47.5 Å². The molecule has 6 heteroatoms. The Hall–Kier alpha value is -2.63. The highest BCUT2D eigenvalue weighted by atomic mass is 19.1. The van der Waals surface area contributed by atoms with Gasteiger partial charge in [-0.3, -0.25) is 0 Å². The Morgan fingerprint density at radius 3 is 2.72 bits per heavy atom. The molecule has 0 bridgehead atoms. The van der Waals surface area contributed by atoms with Gasteiger partial charge in [0, 0.05) is 13.1 Å². The van der Waals surface area contributed by atoms with E-state index in [2.05, 4.69) is 15.6 Å². The van der Waals surface area contributed by atoms with Gasteiger partial charge >= 0.3 is 0 Å². The quantitative estimate of drug-likeness (QED) is 0.597. The lowest BCUT2D eigenvalue weighted by Gasteiger charge is -2.12. The number of aliphatic imine (C=N–C) groups is 1. The van der Waals surface area contributed by atoms with Crippen molar-refractivity contribution in [3.05, 3.63) is 65.2 Å². The fourth-order valence-corrected chi connectivity index (χ4v) is 2.33. The van der Waals surface area contributed by atoms with Crippen LogP contribution < -0.4 is 15.4 Å². The van der Waals surface area contributed by atoms with E-state index in [-0.39, 0.29) is 0 Å². The summed E-state index contributed by atoms with van der Waals surface area (Å²) < 4.78 is 32.0. The number of benzene rings is 2. The summed E-state index contributed by atoms with van der Waals surface area (Å²) >= 11 is 0. The Bertz CT molecular complexity index is 720. The van der Waals surface area contributed by atoms with Crippen LogP contribution in [0.25, 0.3) is 0 Å². The van der Waals surface area contributed by atoms with Gasteiger partial charge in [-0.2, -0.15) is 0 Å². The summed E-state index contributed by atoms with van der Waals surface area (Å²) in [5.41, 5.74) is 1.36. The first kappa shape index (κ1) is 18.7. The third-order valence-corrected chi connectivity index (χ3v) is 3.59. The van der Waals surface area contributed by atoms with Crippen LogP contribution in [-0.4, -0.2) is 26.2 Å². The number of nitrogens with one attached hydrogen (secondary N) is 2. The highest BCUT2D eigenvalue weighted by molar-refractivity contribution is 5.79. The smallest absolute Gasteiger partial charge is 0.191 e. The highest BCUT2D eigenvalue weighted by Gasteiger charge is 2.05. The van der Waals surface area contributed by atoms with Gasteiger partial charge in [0.2, 0.25) is 0 Å². The molecule has 0 radical (unpaired) electrons. The van der Waals surface area contributed by atoms with Gasteiger partial charge in [0.05, 0.1) is 13.7 Å². The lowest BCUT2D eigenvalue weighted by Crippen LogP contribution is -2.38. The van der Waals surface area contributed by atoms with Crippen molar-refractivity contribution in [2.45, 2.75) is 19.9 Å². The Labute approximate surface area is 146 Å². The molecule has 0 fully saturated rings. The van der Waals surface area contributed by atoms with Gasteiger partial charge in [-0.25, -0.2) is 13.8 Å². The van der Waals surface area contributed by atoms with E-state index < -0.39 is 11.6 Å². The first-order chi connectivity index (χ1) is 12.1. The number of guanidine groups is 1. The van der Waals surface area contributed by atoms with Crippen molar-refractivity contribution < 1.29 is 13.5 Å². The van der Waals surface area contributed by atoms with Gasteiger partial charge in [0.1, 0.15) is 17.4 Å². The Morgan fingerprint density at radius 2 is 1.96 bits per heavy atom. The molecular weight excluding hydrogens is 324 g/mol. The van der Waals surface area contributed by atoms with E-state index in [1.165, 1.54) is 6.07 Å². The van der Waals surface area contributed by atoms with Crippen LogP contribution in [0, 0.1) is 11.6 Å². The molecule has 2 N–H and O–H groups in total. The molecular formula is C19H23F2N3O. The first-order valence-corrected chi connectivity index (χ1v) is 8.21. The predicted octanol–water partition coefficient (Wildman–Crippen LogP) is 3.27. The topological polar surface area (TPSA) is 45.7 Å². The molecule has 134 valence electrons. The molecule has 0 aliphatic heterocycles. The van der Waals surface area contributed by atoms with Crippen molar-refractivity contribution >= 4 is 5.96 Å². The number of hydrogen-bond acceptors (Lipinski definition) is 2. The van der Waals surface area contributed by atoms with E-state index in [9.17, 15) is 8.78 Å². The molecule has 2 aromatic rings. The summed E-state index contributed by atoms with van der Waals surface area (Å²) in [6.07, 6.45) is 0.368. The molecule has 25 heavy (non-hydrogen) atoms. The average Bonchev–Trinajstić information content (AvgIpc) is 2.62. The SMILES string of the molecule is CCNC(=NCc1cccc(OC)c1)NCCc1cc(F)ccc1F. The Balaban J connectivity index is 1.94. The molecule has 0 amide bonds. The molecule has 0 saturated carbocycles. The van der Waals surface area contributed by atoms with Crippen molar-refractivity contribution in [2.24, 2.45) is 4.99 Å². The second-order valence-electron chi connectivity index (χ2n) is 5.46. The van der Waals surface area contributed by atoms with Crippen molar-refractivity contribution in [1.29, 1.82) is 0 Å². The Morgan fingerprint density at radius 1 is 1.12 bits per heavy atom. The van der Waals surface area contributed by atoms with Gasteiger partial charge in [-0.05, 0) is 54.8 Å². The van der Waals surface area contributed by atoms with Gasteiger partial charge < -0.3 is 15.4 Å². The predicted molar refractivity (Wildman–Crippen MR) is 95.9 cm³/mol. The summed E-state index contributed by atoms with van der Waals surface area (Å²) in [5, 5.41) is 6.27. The van der Waals surface area contributed by atoms with Crippen LogP contribution >= 0.6 is 0 Å². The monoisotopic (exact) mass is 347 g/mol. The van der Waals surface area contributed by atoms with Crippen LogP contribution in [0.2, 0.25) is 0 Å². The molecule has 4 nitrogen and oxygen atoms in total. The maximum Gasteiger partial charge on any atom is 0.191 e. The molecule has 0 unspecified atom stereocenters. The third-order valence-electron chi connectivity index (χ3n) is 3.59. The summed E-state index contributed by atoms with van der Waals surface area (Å²) in [4.78, 5) is 4.50. The number of ether oxygens (including phenoxy) is 1. The normalized spacial score (nSPS) is 11.3.